The number of nitro benzene ring substituents is 1. The zero-order valence-corrected chi connectivity index (χ0v) is 16.7. The van der Waals surface area contributed by atoms with Crippen LogP contribution in [0.3, 0.4) is 0 Å². The highest BCUT2D eigenvalue weighted by Crippen LogP contribution is 2.26. The van der Waals surface area contributed by atoms with Gasteiger partial charge in [0.05, 0.1) is 4.92 Å². The predicted molar refractivity (Wildman–Crippen MR) is 104 cm³/mol. The third-order valence-electron chi connectivity index (χ3n) is 3.56. The first-order valence-electron chi connectivity index (χ1n) is 8.15. The van der Waals surface area contributed by atoms with Crippen molar-refractivity contribution in [2.24, 2.45) is 0 Å². The summed E-state index contributed by atoms with van der Waals surface area (Å²) in [4.78, 5) is 34.2. The molecule has 0 heterocycles. The first kappa shape index (κ1) is 21.2. The maximum atomic E-state index is 12.0. The fourth-order valence-electron chi connectivity index (χ4n) is 2.14. The van der Waals surface area contributed by atoms with Gasteiger partial charge < -0.3 is 9.47 Å². The van der Waals surface area contributed by atoms with Crippen molar-refractivity contribution in [3.05, 3.63) is 62.6 Å². The Morgan fingerprint density at radius 3 is 2.57 bits per heavy atom. The fourth-order valence-corrected chi connectivity index (χ4v) is 2.61. The van der Waals surface area contributed by atoms with E-state index in [0.717, 1.165) is 10.0 Å². The molecule has 0 saturated heterocycles. The van der Waals surface area contributed by atoms with Crippen LogP contribution in [0.15, 0.2) is 46.9 Å². The molecule has 0 aliphatic rings. The molecule has 28 heavy (non-hydrogen) atoms. The SMILES string of the molecule is Cc1cc(Br)ccc1OCC(=O)NNC(=O)C(C)Oc1ccccc1[N+](=O)[O-]. The van der Waals surface area contributed by atoms with Crippen molar-refractivity contribution >= 4 is 33.4 Å². The molecule has 1 atom stereocenters. The second kappa shape index (κ2) is 9.70. The molecule has 0 aromatic heterocycles. The van der Waals surface area contributed by atoms with E-state index < -0.39 is 22.8 Å². The van der Waals surface area contributed by atoms with Crippen LogP contribution >= 0.6 is 15.9 Å². The standard InChI is InChI=1S/C18H18BrN3O6/c1-11-9-13(19)7-8-15(11)27-10-17(23)20-21-18(24)12(2)28-16-6-4-3-5-14(16)22(25)26/h3-9,12H,10H2,1-2H3,(H,20,23)(H,21,24). The van der Waals surface area contributed by atoms with Crippen LogP contribution in [0.4, 0.5) is 5.69 Å². The van der Waals surface area contributed by atoms with Crippen molar-refractivity contribution < 1.29 is 24.0 Å². The summed E-state index contributed by atoms with van der Waals surface area (Å²) in [5.74, 6) is -0.756. The zero-order chi connectivity index (χ0) is 20.7. The van der Waals surface area contributed by atoms with E-state index in [1.165, 1.54) is 25.1 Å². The van der Waals surface area contributed by atoms with Crippen LogP contribution in [0.5, 0.6) is 11.5 Å². The molecule has 0 spiro atoms. The van der Waals surface area contributed by atoms with Gasteiger partial charge in [0.15, 0.2) is 18.5 Å². The molecule has 0 radical (unpaired) electrons. The van der Waals surface area contributed by atoms with Crippen molar-refractivity contribution in [3.63, 3.8) is 0 Å². The van der Waals surface area contributed by atoms with E-state index in [4.69, 9.17) is 9.47 Å². The highest BCUT2D eigenvalue weighted by atomic mass is 79.9. The Labute approximate surface area is 169 Å². The number of amides is 2. The molecule has 2 N–H and O–H groups in total. The Balaban J connectivity index is 1.82. The number of nitro groups is 1. The maximum Gasteiger partial charge on any atom is 0.310 e. The van der Waals surface area contributed by atoms with Crippen LogP contribution in [0.25, 0.3) is 0 Å². The number of hydrazine groups is 1. The second-order valence-corrected chi connectivity index (χ2v) is 6.64. The number of hydrogen-bond donors (Lipinski definition) is 2. The minimum absolute atomic E-state index is 0.0458. The summed E-state index contributed by atoms with van der Waals surface area (Å²) in [6.45, 7) is 2.93. The van der Waals surface area contributed by atoms with Gasteiger partial charge in [-0.25, -0.2) is 0 Å². The van der Waals surface area contributed by atoms with Gasteiger partial charge >= 0.3 is 5.69 Å². The summed E-state index contributed by atoms with van der Waals surface area (Å²) in [5, 5.41) is 11.0. The molecular formula is C18H18BrN3O6. The molecule has 0 aliphatic heterocycles. The van der Waals surface area contributed by atoms with Crippen LogP contribution in [-0.2, 0) is 9.59 Å². The van der Waals surface area contributed by atoms with Crippen molar-refractivity contribution in [3.8, 4) is 11.5 Å². The smallest absolute Gasteiger partial charge is 0.310 e. The molecule has 1 unspecified atom stereocenters. The number of ether oxygens (including phenoxy) is 2. The molecule has 2 aromatic carbocycles. The molecule has 2 aromatic rings. The highest BCUT2D eigenvalue weighted by Gasteiger charge is 2.21. The number of para-hydroxylation sites is 2. The first-order chi connectivity index (χ1) is 13.3. The van der Waals surface area contributed by atoms with Gasteiger partial charge in [-0.15, -0.1) is 0 Å². The van der Waals surface area contributed by atoms with E-state index in [9.17, 15) is 19.7 Å². The van der Waals surface area contributed by atoms with E-state index in [2.05, 4.69) is 26.8 Å². The number of benzene rings is 2. The van der Waals surface area contributed by atoms with E-state index in [1.807, 2.05) is 13.0 Å². The van der Waals surface area contributed by atoms with Gasteiger partial charge in [-0.05, 0) is 43.7 Å². The number of carbonyl (C=O) groups is 2. The summed E-state index contributed by atoms with van der Waals surface area (Å²) in [5.41, 5.74) is 4.98. The van der Waals surface area contributed by atoms with Crippen LogP contribution in [-0.4, -0.2) is 29.4 Å². The van der Waals surface area contributed by atoms with Gasteiger partial charge in [-0.2, -0.15) is 0 Å². The predicted octanol–water partition coefficient (Wildman–Crippen LogP) is 2.66. The van der Waals surface area contributed by atoms with E-state index in [0.29, 0.717) is 5.75 Å². The van der Waals surface area contributed by atoms with Crippen LogP contribution in [0.1, 0.15) is 12.5 Å². The zero-order valence-electron chi connectivity index (χ0n) is 15.1. The highest BCUT2D eigenvalue weighted by molar-refractivity contribution is 9.10. The quantitative estimate of drug-likeness (QED) is 0.493. The molecule has 0 bridgehead atoms. The lowest BCUT2D eigenvalue weighted by molar-refractivity contribution is -0.386. The maximum absolute atomic E-state index is 12.0. The van der Waals surface area contributed by atoms with Gasteiger partial charge in [0, 0.05) is 10.5 Å². The average molecular weight is 452 g/mol. The third-order valence-corrected chi connectivity index (χ3v) is 4.05. The van der Waals surface area contributed by atoms with Gasteiger partial charge in [0.1, 0.15) is 5.75 Å². The minimum atomic E-state index is -1.07. The van der Waals surface area contributed by atoms with Gasteiger partial charge in [0.2, 0.25) is 0 Å². The Bertz CT molecular complexity index is 889. The largest absolute Gasteiger partial charge is 0.483 e. The molecular weight excluding hydrogens is 434 g/mol. The van der Waals surface area contributed by atoms with Gasteiger partial charge in [-0.3, -0.25) is 30.6 Å². The molecule has 9 nitrogen and oxygen atoms in total. The Morgan fingerprint density at radius 2 is 1.89 bits per heavy atom. The van der Waals surface area contributed by atoms with Crippen molar-refractivity contribution in [2.45, 2.75) is 20.0 Å². The lowest BCUT2D eigenvalue weighted by Gasteiger charge is -2.15. The molecule has 2 amide bonds. The molecule has 0 fully saturated rings. The molecule has 0 saturated carbocycles. The Morgan fingerprint density at radius 1 is 1.18 bits per heavy atom. The number of rotatable bonds is 7. The molecule has 0 aliphatic carbocycles. The normalized spacial score (nSPS) is 11.2. The van der Waals surface area contributed by atoms with Crippen molar-refractivity contribution in [1.29, 1.82) is 0 Å². The third kappa shape index (κ3) is 5.95. The molecule has 2 rings (SSSR count). The number of aryl methyl sites for hydroxylation is 1. The lowest BCUT2D eigenvalue weighted by atomic mass is 10.2. The number of nitrogens with one attached hydrogen (secondary N) is 2. The Kier molecular flexibility index (Phi) is 7.33. The van der Waals surface area contributed by atoms with E-state index >= 15 is 0 Å². The first-order valence-corrected chi connectivity index (χ1v) is 8.95. The number of halogens is 1. The summed E-state index contributed by atoms with van der Waals surface area (Å²) >= 11 is 3.34. The number of nitrogens with zero attached hydrogens (tertiary/aromatic N) is 1. The monoisotopic (exact) mass is 451 g/mol. The second-order valence-electron chi connectivity index (χ2n) is 5.72. The van der Waals surface area contributed by atoms with Gasteiger partial charge in [0.25, 0.3) is 11.8 Å². The van der Waals surface area contributed by atoms with Crippen LogP contribution < -0.4 is 20.3 Å². The average Bonchev–Trinajstić information content (AvgIpc) is 2.65. The van der Waals surface area contributed by atoms with E-state index in [-0.39, 0.29) is 18.0 Å². The Hall–Kier alpha value is -3.14. The van der Waals surface area contributed by atoms with Crippen molar-refractivity contribution in [2.75, 3.05) is 6.61 Å². The number of hydrogen-bond acceptors (Lipinski definition) is 6. The summed E-state index contributed by atoms with van der Waals surface area (Å²) in [6, 6.07) is 11.0. The van der Waals surface area contributed by atoms with Crippen molar-refractivity contribution in [1.82, 2.24) is 10.9 Å². The summed E-state index contributed by atoms with van der Waals surface area (Å²) in [6.07, 6.45) is -1.07. The number of carbonyl (C=O) groups excluding carboxylic acids is 2. The van der Waals surface area contributed by atoms with E-state index in [1.54, 1.807) is 18.2 Å². The minimum Gasteiger partial charge on any atom is -0.483 e. The fraction of sp³-hybridized carbons (Fsp3) is 0.222. The topological polar surface area (TPSA) is 120 Å². The van der Waals surface area contributed by atoms with Crippen LogP contribution in [0.2, 0.25) is 0 Å². The van der Waals surface area contributed by atoms with Gasteiger partial charge in [-0.1, -0.05) is 28.1 Å². The van der Waals surface area contributed by atoms with Crippen LogP contribution in [0, 0.1) is 17.0 Å². The summed E-state index contributed by atoms with van der Waals surface area (Å²) in [7, 11) is 0. The molecule has 10 heteroatoms. The lowest BCUT2D eigenvalue weighted by Crippen LogP contribution is -2.48. The molecule has 148 valence electrons. The summed E-state index contributed by atoms with van der Waals surface area (Å²) < 4.78 is 11.6.